The van der Waals surface area contributed by atoms with Crippen molar-refractivity contribution in [3.63, 3.8) is 0 Å². The molecule has 0 saturated heterocycles. The van der Waals surface area contributed by atoms with Gasteiger partial charge in [-0.05, 0) is 60.9 Å². The number of amides is 1. The Morgan fingerprint density at radius 2 is 1.84 bits per heavy atom. The van der Waals surface area contributed by atoms with E-state index in [0.29, 0.717) is 36.6 Å². The van der Waals surface area contributed by atoms with Gasteiger partial charge in [-0.25, -0.2) is 0 Å². The minimum atomic E-state index is -0.523. The average Bonchev–Trinajstić information content (AvgIpc) is 2.77. The van der Waals surface area contributed by atoms with Crippen molar-refractivity contribution in [2.24, 2.45) is 0 Å². The fourth-order valence-electron chi connectivity index (χ4n) is 4.28. The Bertz CT molecular complexity index is 1200. The molecule has 0 bridgehead atoms. The number of rotatable bonds is 5. The van der Waals surface area contributed by atoms with Gasteiger partial charge in [0.1, 0.15) is 5.75 Å². The summed E-state index contributed by atoms with van der Waals surface area (Å²) in [5.41, 5.74) is 2.89. The first-order valence-electron chi connectivity index (χ1n) is 10.3. The number of hydrogen-bond acceptors (Lipinski definition) is 5. The van der Waals surface area contributed by atoms with Gasteiger partial charge in [-0.2, -0.15) is 0 Å². The maximum Gasteiger partial charge on any atom is 0.254 e. The molecule has 7 heteroatoms. The van der Waals surface area contributed by atoms with E-state index in [2.05, 4.69) is 4.98 Å². The van der Waals surface area contributed by atoms with E-state index in [1.165, 1.54) is 6.92 Å². The number of H-pyrrole nitrogens is 1. The molecule has 1 aromatic heterocycles. The maximum atomic E-state index is 13.1. The lowest BCUT2D eigenvalue weighted by Crippen LogP contribution is -2.41. The van der Waals surface area contributed by atoms with E-state index in [1.54, 1.807) is 19.1 Å². The Balaban J connectivity index is 1.94. The van der Waals surface area contributed by atoms with Crippen molar-refractivity contribution in [1.82, 2.24) is 9.88 Å². The Hall–Kier alpha value is -3.48. The second-order valence-corrected chi connectivity index (χ2v) is 7.51. The Labute approximate surface area is 180 Å². The molecule has 0 spiro atoms. The summed E-state index contributed by atoms with van der Waals surface area (Å²) in [6.07, 6.45) is 0.672. The van der Waals surface area contributed by atoms with Crippen LogP contribution in [0.1, 0.15) is 36.6 Å². The molecular weight excluding hydrogens is 396 g/mol. The molecule has 1 aliphatic heterocycles. The summed E-state index contributed by atoms with van der Waals surface area (Å²) in [5.74, 6) is 1.83. The molecule has 162 valence electrons. The van der Waals surface area contributed by atoms with E-state index in [9.17, 15) is 9.59 Å². The van der Waals surface area contributed by atoms with E-state index in [0.717, 1.165) is 27.8 Å². The fraction of sp³-hybridized carbons (Fsp3) is 0.333. The first kappa shape index (κ1) is 20.8. The van der Waals surface area contributed by atoms with Gasteiger partial charge in [-0.1, -0.05) is 0 Å². The zero-order valence-electron chi connectivity index (χ0n) is 18.2. The molecule has 0 unspecified atom stereocenters. The third kappa shape index (κ3) is 3.71. The second-order valence-electron chi connectivity index (χ2n) is 7.51. The van der Waals surface area contributed by atoms with E-state index < -0.39 is 6.04 Å². The number of ether oxygens (including phenoxy) is 3. The first-order chi connectivity index (χ1) is 15.0. The lowest BCUT2D eigenvalue weighted by Gasteiger charge is -2.37. The normalized spacial score (nSPS) is 15.5. The van der Waals surface area contributed by atoms with Crippen molar-refractivity contribution >= 4 is 16.8 Å². The van der Waals surface area contributed by atoms with Crippen molar-refractivity contribution in [3.8, 4) is 17.2 Å². The van der Waals surface area contributed by atoms with Crippen LogP contribution in [-0.2, 0) is 11.2 Å². The number of methoxy groups -OCH3 is 2. The zero-order valence-corrected chi connectivity index (χ0v) is 18.2. The van der Waals surface area contributed by atoms with Gasteiger partial charge in [0, 0.05) is 29.9 Å². The van der Waals surface area contributed by atoms with Crippen LogP contribution < -0.4 is 19.8 Å². The highest BCUT2D eigenvalue weighted by Gasteiger charge is 2.33. The van der Waals surface area contributed by atoms with Gasteiger partial charge in [0.25, 0.3) is 5.56 Å². The summed E-state index contributed by atoms with van der Waals surface area (Å²) in [6.45, 7) is 4.52. The SMILES string of the molecule is CCOc1ccc2[nH]c(=O)c([C@H]3c4cc(OC)c(OC)cc4CCN3C(C)=O)cc2c1. The number of nitrogens with zero attached hydrogens (tertiary/aromatic N) is 1. The quantitative estimate of drug-likeness (QED) is 0.681. The summed E-state index contributed by atoms with van der Waals surface area (Å²) < 4.78 is 16.6. The van der Waals surface area contributed by atoms with Gasteiger partial charge in [0.05, 0.1) is 26.9 Å². The van der Waals surface area contributed by atoms with Crippen LogP contribution in [0.4, 0.5) is 0 Å². The number of aromatic amines is 1. The van der Waals surface area contributed by atoms with Crippen molar-refractivity contribution in [3.05, 3.63) is 63.4 Å². The summed E-state index contributed by atoms with van der Waals surface area (Å²) in [7, 11) is 3.17. The molecule has 4 rings (SSSR count). The molecule has 2 heterocycles. The van der Waals surface area contributed by atoms with Crippen molar-refractivity contribution in [2.75, 3.05) is 27.4 Å². The van der Waals surface area contributed by atoms with Crippen LogP contribution in [0.5, 0.6) is 17.2 Å². The molecule has 2 aromatic carbocycles. The zero-order chi connectivity index (χ0) is 22.1. The van der Waals surface area contributed by atoms with Crippen LogP contribution in [0.25, 0.3) is 10.9 Å². The van der Waals surface area contributed by atoms with Crippen molar-refractivity contribution < 1.29 is 19.0 Å². The number of fused-ring (bicyclic) bond motifs is 2. The third-order valence-electron chi connectivity index (χ3n) is 5.73. The highest BCUT2D eigenvalue weighted by Crippen LogP contribution is 2.40. The number of pyridine rings is 1. The highest BCUT2D eigenvalue weighted by molar-refractivity contribution is 5.81. The van der Waals surface area contributed by atoms with E-state index in [4.69, 9.17) is 14.2 Å². The predicted octanol–water partition coefficient (Wildman–Crippen LogP) is 3.44. The molecule has 31 heavy (non-hydrogen) atoms. The maximum absolute atomic E-state index is 13.1. The second kappa shape index (κ2) is 8.34. The van der Waals surface area contributed by atoms with Gasteiger partial charge in [-0.15, -0.1) is 0 Å². The van der Waals surface area contributed by atoms with Gasteiger partial charge in [0.15, 0.2) is 11.5 Å². The summed E-state index contributed by atoms with van der Waals surface area (Å²) in [4.78, 5) is 30.3. The molecule has 0 radical (unpaired) electrons. The Morgan fingerprint density at radius 1 is 1.10 bits per heavy atom. The molecule has 1 aliphatic rings. The topological polar surface area (TPSA) is 80.9 Å². The van der Waals surface area contributed by atoms with Crippen LogP contribution in [0.15, 0.2) is 41.2 Å². The first-order valence-corrected chi connectivity index (χ1v) is 10.3. The lowest BCUT2D eigenvalue weighted by atomic mass is 9.87. The van der Waals surface area contributed by atoms with E-state index >= 15 is 0 Å². The third-order valence-corrected chi connectivity index (χ3v) is 5.73. The van der Waals surface area contributed by atoms with Gasteiger partial charge >= 0.3 is 0 Å². The number of aromatic nitrogens is 1. The molecule has 0 aliphatic carbocycles. The minimum Gasteiger partial charge on any atom is -0.494 e. The smallest absolute Gasteiger partial charge is 0.254 e. The molecule has 7 nitrogen and oxygen atoms in total. The molecule has 1 atom stereocenters. The molecule has 0 fully saturated rings. The Morgan fingerprint density at radius 3 is 2.52 bits per heavy atom. The Kier molecular flexibility index (Phi) is 5.59. The van der Waals surface area contributed by atoms with E-state index in [1.807, 2.05) is 43.3 Å². The van der Waals surface area contributed by atoms with E-state index in [-0.39, 0.29) is 11.5 Å². The molecule has 1 amide bonds. The standard InChI is InChI=1S/C24H26N2O5/c1-5-31-17-6-7-20-16(10-17)11-19(24(28)25-20)23-18-13-22(30-4)21(29-3)12-15(18)8-9-26(23)14(2)27/h6-7,10-13,23H,5,8-9H2,1-4H3,(H,25,28)/t23-/m1/s1. The summed E-state index contributed by atoms with van der Waals surface area (Å²) in [5, 5.41) is 0.844. The van der Waals surface area contributed by atoms with Crippen LogP contribution >= 0.6 is 0 Å². The predicted molar refractivity (Wildman–Crippen MR) is 118 cm³/mol. The van der Waals surface area contributed by atoms with Crippen LogP contribution in [-0.4, -0.2) is 43.2 Å². The molecule has 0 saturated carbocycles. The number of carbonyl (C=O) groups excluding carboxylic acids is 1. The minimum absolute atomic E-state index is 0.0898. The van der Waals surface area contributed by atoms with Crippen LogP contribution in [0.2, 0.25) is 0 Å². The monoisotopic (exact) mass is 422 g/mol. The average molecular weight is 422 g/mol. The van der Waals surface area contributed by atoms with Gasteiger partial charge in [-0.3, -0.25) is 9.59 Å². The largest absolute Gasteiger partial charge is 0.494 e. The van der Waals surface area contributed by atoms with Crippen molar-refractivity contribution in [2.45, 2.75) is 26.3 Å². The number of nitrogens with one attached hydrogen (secondary N) is 1. The van der Waals surface area contributed by atoms with Crippen LogP contribution in [0.3, 0.4) is 0 Å². The van der Waals surface area contributed by atoms with Crippen molar-refractivity contribution in [1.29, 1.82) is 0 Å². The van der Waals surface area contributed by atoms with Gasteiger partial charge in [0.2, 0.25) is 5.91 Å². The lowest BCUT2D eigenvalue weighted by molar-refractivity contribution is -0.130. The summed E-state index contributed by atoms with van der Waals surface area (Å²) >= 11 is 0. The summed E-state index contributed by atoms with van der Waals surface area (Å²) in [6, 6.07) is 10.7. The molecule has 3 aromatic rings. The number of carbonyl (C=O) groups is 1. The molecule has 1 N–H and O–H groups in total. The van der Waals surface area contributed by atoms with Gasteiger partial charge < -0.3 is 24.1 Å². The number of benzene rings is 2. The number of hydrogen-bond donors (Lipinski definition) is 1. The van der Waals surface area contributed by atoms with Crippen LogP contribution in [0, 0.1) is 0 Å². The fourth-order valence-corrected chi connectivity index (χ4v) is 4.28. The molecular formula is C24H26N2O5. The highest BCUT2D eigenvalue weighted by atomic mass is 16.5.